The van der Waals surface area contributed by atoms with Gasteiger partial charge in [0, 0.05) is 6.42 Å². The van der Waals surface area contributed by atoms with E-state index in [1.54, 1.807) is 0 Å². The maximum Gasteiger partial charge on any atom is 0.0811 e. The second kappa shape index (κ2) is 9.37. The molecule has 31 heavy (non-hydrogen) atoms. The van der Waals surface area contributed by atoms with Gasteiger partial charge in [0.1, 0.15) is 0 Å². The lowest BCUT2D eigenvalue weighted by Gasteiger charge is -2.44. The average Bonchev–Trinajstić information content (AvgIpc) is 2.92. The molecule has 3 fully saturated rings. The van der Waals surface area contributed by atoms with Crippen LogP contribution in [-0.4, -0.2) is 33.1 Å². The molecule has 0 radical (unpaired) electrons. The third kappa shape index (κ3) is 5.43. The Kier molecular flexibility index (Phi) is 7.40. The van der Waals surface area contributed by atoms with Crippen molar-refractivity contribution in [1.82, 2.24) is 0 Å². The lowest BCUT2D eigenvalue weighted by molar-refractivity contribution is 0.0619. The molecular formula is C28H44O3. The lowest BCUT2D eigenvalue weighted by atomic mass is 9.60. The molecule has 0 aromatic heterocycles. The van der Waals surface area contributed by atoms with Crippen LogP contribution in [0.15, 0.2) is 47.6 Å². The first kappa shape index (κ1) is 24.5. The van der Waals surface area contributed by atoms with Crippen molar-refractivity contribution in [2.45, 2.75) is 103 Å². The van der Waals surface area contributed by atoms with Crippen LogP contribution in [0, 0.1) is 23.2 Å². The molecule has 3 N–H and O–H groups in total. The molecule has 0 unspecified atom stereocenters. The number of fused-ring (bicyclic) bond motifs is 1. The summed E-state index contributed by atoms with van der Waals surface area (Å²) in [5.41, 5.74) is 4.30. The first-order chi connectivity index (χ1) is 14.4. The standard InChI is InChI=1S/C28H44O3/c1-18(9-7-13-27(4,5)31)26-19(2)15-24-21(10-8-14-28(24,26)6)11-12-22-16-23(29)17-25(30)20(22)3/h11-12,18,23-26,29-31H,2-3,7-10,13-17H2,1,4-6H3/b21-11+,22-12+/t18-,23-,24+,25+,26-,28-/m1/s1. The van der Waals surface area contributed by atoms with Crippen molar-refractivity contribution in [3.8, 4) is 0 Å². The lowest BCUT2D eigenvalue weighted by Crippen LogP contribution is -2.36. The van der Waals surface area contributed by atoms with Crippen molar-refractivity contribution < 1.29 is 15.3 Å². The molecule has 0 aliphatic heterocycles. The van der Waals surface area contributed by atoms with Crippen molar-refractivity contribution in [3.05, 3.63) is 47.6 Å². The van der Waals surface area contributed by atoms with Gasteiger partial charge >= 0.3 is 0 Å². The number of hydrogen-bond donors (Lipinski definition) is 3. The highest BCUT2D eigenvalue weighted by Gasteiger charge is 2.52. The third-order valence-electron chi connectivity index (χ3n) is 8.32. The van der Waals surface area contributed by atoms with Gasteiger partial charge in [-0.05, 0) is 86.7 Å². The Bertz CT molecular complexity index is 753. The maximum absolute atomic E-state index is 10.2. The Labute approximate surface area is 189 Å². The number of allylic oxidation sites excluding steroid dienone is 4. The largest absolute Gasteiger partial charge is 0.393 e. The van der Waals surface area contributed by atoms with Crippen LogP contribution in [0.4, 0.5) is 0 Å². The van der Waals surface area contributed by atoms with E-state index in [1.165, 1.54) is 24.0 Å². The van der Waals surface area contributed by atoms with Gasteiger partial charge < -0.3 is 15.3 Å². The van der Waals surface area contributed by atoms with Gasteiger partial charge in [0.25, 0.3) is 0 Å². The van der Waals surface area contributed by atoms with E-state index in [0.29, 0.717) is 30.6 Å². The monoisotopic (exact) mass is 428 g/mol. The van der Waals surface area contributed by atoms with Crippen molar-refractivity contribution >= 4 is 0 Å². The van der Waals surface area contributed by atoms with Gasteiger partial charge in [-0.25, -0.2) is 0 Å². The minimum Gasteiger partial charge on any atom is -0.393 e. The highest BCUT2D eigenvalue weighted by Crippen LogP contribution is 2.61. The van der Waals surface area contributed by atoms with Crippen LogP contribution in [-0.2, 0) is 0 Å². The number of hydrogen-bond acceptors (Lipinski definition) is 3. The quantitative estimate of drug-likeness (QED) is 0.464. The van der Waals surface area contributed by atoms with Gasteiger partial charge in [-0.15, -0.1) is 0 Å². The van der Waals surface area contributed by atoms with Gasteiger partial charge in [-0.1, -0.05) is 63.1 Å². The minimum atomic E-state index is -0.634. The van der Waals surface area contributed by atoms with E-state index < -0.39 is 17.8 Å². The summed E-state index contributed by atoms with van der Waals surface area (Å²) in [6, 6.07) is 0. The Morgan fingerprint density at radius 1 is 1.19 bits per heavy atom. The minimum absolute atomic E-state index is 0.246. The first-order valence-electron chi connectivity index (χ1n) is 12.3. The van der Waals surface area contributed by atoms with E-state index in [1.807, 2.05) is 13.8 Å². The first-order valence-corrected chi connectivity index (χ1v) is 12.3. The van der Waals surface area contributed by atoms with Crippen LogP contribution >= 0.6 is 0 Å². The smallest absolute Gasteiger partial charge is 0.0811 e. The molecule has 0 amide bonds. The molecule has 3 heteroatoms. The predicted octanol–water partition coefficient (Wildman–Crippen LogP) is 5.87. The molecule has 0 aromatic rings. The van der Waals surface area contributed by atoms with Crippen LogP contribution in [0.3, 0.4) is 0 Å². The molecule has 0 spiro atoms. The van der Waals surface area contributed by atoms with Crippen LogP contribution < -0.4 is 0 Å². The van der Waals surface area contributed by atoms with Gasteiger partial charge in [0.05, 0.1) is 17.8 Å². The van der Waals surface area contributed by atoms with Gasteiger partial charge in [0.2, 0.25) is 0 Å². The second-order valence-electron chi connectivity index (χ2n) is 11.5. The fourth-order valence-corrected chi connectivity index (χ4v) is 6.78. The molecule has 3 saturated carbocycles. The van der Waals surface area contributed by atoms with E-state index in [2.05, 4.69) is 39.2 Å². The summed E-state index contributed by atoms with van der Waals surface area (Å²) < 4.78 is 0. The normalized spacial score (nSPS) is 38.0. The molecule has 174 valence electrons. The van der Waals surface area contributed by atoms with Crippen LogP contribution in [0.1, 0.15) is 85.5 Å². The average molecular weight is 429 g/mol. The second-order valence-corrected chi connectivity index (χ2v) is 11.5. The Morgan fingerprint density at radius 3 is 2.58 bits per heavy atom. The van der Waals surface area contributed by atoms with E-state index >= 15 is 0 Å². The van der Waals surface area contributed by atoms with E-state index in [-0.39, 0.29) is 5.41 Å². The zero-order valence-electron chi connectivity index (χ0n) is 20.2. The zero-order chi connectivity index (χ0) is 23.0. The van der Waals surface area contributed by atoms with Gasteiger partial charge in [0.15, 0.2) is 0 Å². The fourth-order valence-electron chi connectivity index (χ4n) is 6.78. The summed E-state index contributed by atoms with van der Waals surface area (Å²) in [6.45, 7) is 17.2. The van der Waals surface area contributed by atoms with Crippen LogP contribution in [0.5, 0.6) is 0 Å². The topological polar surface area (TPSA) is 60.7 Å². The highest BCUT2D eigenvalue weighted by molar-refractivity contribution is 5.39. The maximum atomic E-state index is 10.2. The SMILES string of the molecule is C=C1/C(=C/C=C2\CCC[C@]3(C)[C@H]2CC(=C)[C@H]3[C@H](C)CCCC(C)(C)O)C[C@@H](O)C[C@@H]1O. The van der Waals surface area contributed by atoms with E-state index in [9.17, 15) is 15.3 Å². The molecule has 0 bridgehead atoms. The van der Waals surface area contributed by atoms with Crippen molar-refractivity contribution in [3.63, 3.8) is 0 Å². The van der Waals surface area contributed by atoms with Crippen molar-refractivity contribution in [2.75, 3.05) is 0 Å². The van der Waals surface area contributed by atoms with Gasteiger partial charge in [-0.3, -0.25) is 0 Å². The number of aliphatic hydroxyl groups is 3. The third-order valence-corrected chi connectivity index (χ3v) is 8.32. The molecule has 0 aromatic carbocycles. The summed E-state index contributed by atoms with van der Waals surface area (Å²) in [5, 5.41) is 30.3. The summed E-state index contributed by atoms with van der Waals surface area (Å²) in [6.07, 6.45) is 11.9. The predicted molar refractivity (Wildman–Crippen MR) is 129 cm³/mol. The molecule has 3 aliphatic rings. The molecule has 6 atom stereocenters. The summed E-state index contributed by atoms with van der Waals surface area (Å²) in [7, 11) is 0. The molecular weight excluding hydrogens is 384 g/mol. The zero-order valence-corrected chi connectivity index (χ0v) is 20.2. The van der Waals surface area contributed by atoms with Crippen molar-refractivity contribution in [1.29, 1.82) is 0 Å². The Balaban J connectivity index is 1.76. The molecule has 0 saturated heterocycles. The number of aliphatic hydroxyl groups excluding tert-OH is 2. The summed E-state index contributed by atoms with van der Waals surface area (Å²) >= 11 is 0. The molecule has 0 heterocycles. The Hall–Kier alpha value is -1.16. The summed E-state index contributed by atoms with van der Waals surface area (Å²) in [4.78, 5) is 0. The van der Waals surface area contributed by atoms with Crippen LogP contribution in [0.2, 0.25) is 0 Å². The van der Waals surface area contributed by atoms with Crippen molar-refractivity contribution in [2.24, 2.45) is 23.2 Å². The number of rotatable bonds is 6. The van der Waals surface area contributed by atoms with Gasteiger partial charge in [-0.2, -0.15) is 0 Å². The molecule has 3 nitrogen and oxygen atoms in total. The van der Waals surface area contributed by atoms with E-state index in [4.69, 9.17) is 0 Å². The molecule has 3 rings (SSSR count). The fraction of sp³-hybridized carbons (Fsp3) is 0.714. The van der Waals surface area contributed by atoms with Crippen LogP contribution in [0.25, 0.3) is 0 Å². The van der Waals surface area contributed by atoms with E-state index in [0.717, 1.165) is 43.3 Å². The summed E-state index contributed by atoms with van der Waals surface area (Å²) in [5.74, 6) is 1.63. The highest BCUT2D eigenvalue weighted by atomic mass is 16.3. The molecule has 3 aliphatic carbocycles. The Morgan fingerprint density at radius 2 is 1.90 bits per heavy atom.